The van der Waals surface area contributed by atoms with Crippen LogP contribution in [0.15, 0.2) is 29.6 Å². The molecule has 1 aromatic carbocycles. The Morgan fingerprint density at radius 2 is 2.13 bits per heavy atom. The van der Waals surface area contributed by atoms with Crippen LogP contribution in [0.2, 0.25) is 5.02 Å². The molecule has 0 radical (unpaired) electrons. The topological polar surface area (TPSA) is 68.0 Å². The molecule has 3 rings (SSSR count). The molecular formula is C16H19Cl2N3OS. The van der Waals surface area contributed by atoms with Crippen molar-refractivity contribution in [2.75, 3.05) is 5.32 Å². The third-order valence-corrected chi connectivity index (χ3v) is 5.06. The first-order valence-electron chi connectivity index (χ1n) is 7.40. The molecule has 4 nitrogen and oxygen atoms in total. The van der Waals surface area contributed by atoms with Gasteiger partial charge in [-0.05, 0) is 25.3 Å². The van der Waals surface area contributed by atoms with Crippen LogP contribution in [-0.2, 0) is 4.79 Å². The average Bonchev–Trinajstić information content (AvgIpc) is 2.96. The summed E-state index contributed by atoms with van der Waals surface area (Å²) in [5.41, 5.74) is 7.60. The van der Waals surface area contributed by atoms with Gasteiger partial charge < -0.3 is 11.1 Å². The summed E-state index contributed by atoms with van der Waals surface area (Å²) in [6.45, 7) is 0. The number of halogens is 2. The van der Waals surface area contributed by atoms with Gasteiger partial charge in [0.25, 0.3) is 0 Å². The van der Waals surface area contributed by atoms with E-state index in [0.29, 0.717) is 10.2 Å². The molecule has 1 fully saturated rings. The summed E-state index contributed by atoms with van der Waals surface area (Å²) < 4.78 is 0. The number of hydrogen-bond acceptors (Lipinski definition) is 4. The maximum absolute atomic E-state index is 12.3. The largest absolute Gasteiger partial charge is 0.328 e. The van der Waals surface area contributed by atoms with Gasteiger partial charge in [0.2, 0.25) is 5.91 Å². The first kappa shape index (κ1) is 18.2. The Morgan fingerprint density at radius 3 is 2.87 bits per heavy atom. The third-order valence-electron chi connectivity index (χ3n) is 3.97. The second-order valence-electron chi connectivity index (χ2n) is 5.63. The van der Waals surface area contributed by atoms with Gasteiger partial charge in [-0.15, -0.1) is 23.7 Å². The van der Waals surface area contributed by atoms with Crippen LogP contribution in [0.3, 0.4) is 0 Å². The molecule has 1 aromatic heterocycles. The maximum atomic E-state index is 12.3. The van der Waals surface area contributed by atoms with Crippen molar-refractivity contribution >= 4 is 46.4 Å². The highest BCUT2D eigenvalue weighted by molar-refractivity contribution is 7.14. The van der Waals surface area contributed by atoms with Crippen molar-refractivity contribution < 1.29 is 4.79 Å². The van der Waals surface area contributed by atoms with Crippen LogP contribution < -0.4 is 11.1 Å². The van der Waals surface area contributed by atoms with Gasteiger partial charge in [0.1, 0.15) is 0 Å². The fourth-order valence-electron chi connectivity index (χ4n) is 2.80. The zero-order chi connectivity index (χ0) is 15.5. The lowest BCUT2D eigenvalue weighted by molar-refractivity contribution is -0.120. The quantitative estimate of drug-likeness (QED) is 0.842. The number of hydrogen-bond donors (Lipinski definition) is 2. The van der Waals surface area contributed by atoms with Crippen molar-refractivity contribution in [2.45, 2.75) is 31.7 Å². The molecule has 1 heterocycles. The van der Waals surface area contributed by atoms with Crippen molar-refractivity contribution in [1.82, 2.24) is 4.98 Å². The van der Waals surface area contributed by atoms with E-state index in [1.165, 1.54) is 11.3 Å². The molecule has 7 heteroatoms. The summed E-state index contributed by atoms with van der Waals surface area (Å²) in [7, 11) is 0. The lowest BCUT2D eigenvalue weighted by Gasteiger charge is -2.25. The van der Waals surface area contributed by atoms with Gasteiger partial charge in [-0.3, -0.25) is 4.79 Å². The standard InChI is InChI=1S/C16H18ClN3OS.ClH/c17-13-7-2-1-6-12(13)14-9-22-16(19-14)20-15(21)10-4-3-5-11(18)8-10;/h1-2,6-7,9-11H,3-5,8,18H2,(H,19,20,21);1H. The van der Waals surface area contributed by atoms with E-state index < -0.39 is 0 Å². The Hall–Kier alpha value is -1.14. The highest BCUT2D eigenvalue weighted by atomic mass is 35.5. The highest BCUT2D eigenvalue weighted by Gasteiger charge is 2.25. The second kappa shape index (κ2) is 8.11. The number of thiazole rings is 1. The van der Waals surface area contributed by atoms with Crippen molar-refractivity contribution in [3.8, 4) is 11.3 Å². The molecule has 1 saturated carbocycles. The van der Waals surface area contributed by atoms with Crippen LogP contribution in [0.5, 0.6) is 0 Å². The predicted molar refractivity (Wildman–Crippen MR) is 98.4 cm³/mol. The van der Waals surface area contributed by atoms with Crippen molar-refractivity contribution in [2.24, 2.45) is 11.7 Å². The fourth-order valence-corrected chi connectivity index (χ4v) is 3.74. The van der Waals surface area contributed by atoms with Gasteiger partial charge in [0.05, 0.1) is 5.69 Å². The lowest BCUT2D eigenvalue weighted by atomic mass is 9.86. The van der Waals surface area contributed by atoms with E-state index in [9.17, 15) is 4.79 Å². The molecule has 3 N–H and O–H groups in total. The van der Waals surface area contributed by atoms with Gasteiger partial charge in [-0.1, -0.05) is 36.2 Å². The smallest absolute Gasteiger partial charge is 0.229 e. The number of amides is 1. The third kappa shape index (κ3) is 4.44. The number of rotatable bonds is 3. The molecule has 0 saturated heterocycles. The lowest BCUT2D eigenvalue weighted by Crippen LogP contribution is -2.34. The van der Waals surface area contributed by atoms with Crippen LogP contribution in [0.4, 0.5) is 5.13 Å². The molecule has 124 valence electrons. The van der Waals surface area contributed by atoms with Gasteiger partial charge in [0, 0.05) is 27.9 Å². The Kier molecular flexibility index (Phi) is 6.41. The molecule has 2 aromatic rings. The Morgan fingerprint density at radius 1 is 1.35 bits per heavy atom. The van der Waals surface area contributed by atoms with Crippen LogP contribution in [-0.4, -0.2) is 16.9 Å². The van der Waals surface area contributed by atoms with Gasteiger partial charge in [0.15, 0.2) is 5.13 Å². The first-order valence-corrected chi connectivity index (χ1v) is 8.66. The number of nitrogens with two attached hydrogens (primary N) is 1. The number of nitrogens with zero attached hydrogens (tertiary/aromatic N) is 1. The van der Waals surface area contributed by atoms with Crippen LogP contribution in [0.25, 0.3) is 11.3 Å². The van der Waals surface area contributed by atoms with Crippen molar-refractivity contribution in [1.29, 1.82) is 0 Å². The van der Waals surface area contributed by atoms with Gasteiger partial charge in [-0.25, -0.2) is 4.98 Å². The minimum absolute atomic E-state index is 0. The number of benzene rings is 1. The number of carbonyl (C=O) groups is 1. The van der Waals surface area contributed by atoms with Crippen LogP contribution >= 0.6 is 35.3 Å². The Labute approximate surface area is 150 Å². The molecule has 1 aliphatic carbocycles. The van der Waals surface area contributed by atoms with E-state index >= 15 is 0 Å². The van der Waals surface area contributed by atoms with E-state index in [-0.39, 0.29) is 30.3 Å². The first-order chi connectivity index (χ1) is 10.6. The number of nitrogens with one attached hydrogen (secondary N) is 1. The summed E-state index contributed by atoms with van der Waals surface area (Å²) in [5.74, 6) is 0.0200. The Balaban J connectivity index is 0.00000192. The fraction of sp³-hybridized carbons (Fsp3) is 0.375. The van der Waals surface area contributed by atoms with E-state index in [1.54, 1.807) is 0 Å². The minimum Gasteiger partial charge on any atom is -0.328 e. The molecule has 0 bridgehead atoms. The molecule has 1 amide bonds. The maximum Gasteiger partial charge on any atom is 0.229 e. The van der Waals surface area contributed by atoms with Gasteiger partial charge >= 0.3 is 0 Å². The van der Waals surface area contributed by atoms with Crippen LogP contribution in [0.1, 0.15) is 25.7 Å². The van der Waals surface area contributed by atoms with Crippen molar-refractivity contribution in [3.63, 3.8) is 0 Å². The number of aromatic nitrogens is 1. The van der Waals surface area contributed by atoms with E-state index in [2.05, 4.69) is 10.3 Å². The average molecular weight is 372 g/mol. The van der Waals surface area contributed by atoms with E-state index in [0.717, 1.165) is 36.9 Å². The zero-order valence-electron chi connectivity index (χ0n) is 12.5. The molecule has 2 unspecified atom stereocenters. The summed E-state index contributed by atoms with van der Waals surface area (Å²) in [6, 6.07) is 7.69. The minimum atomic E-state index is -0.00332. The molecule has 1 aliphatic rings. The van der Waals surface area contributed by atoms with Crippen LogP contribution in [0, 0.1) is 5.92 Å². The summed E-state index contributed by atoms with van der Waals surface area (Å²) >= 11 is 7.59. The molecule has 0 spiro atoms. The summed E-state index contributed by atoms with van der Waals surface area (Å²) in [4.78, 5) is 16.8. The highest BCUT2D eigenvalue weighted by Crippen LogP contribution is 2.31. The monoisotopic (exact) mass is 371 g/mol. The number of carbonyl (C=O) groups excluding carboxylic acids is 1. The van der Waals surface area contributed by atoms with E-state index in [4.69, 9.17) is 17.3 Å². The predicted octanol–water partition coefficient (Wildman–Crippen LogP) is 4.34. The normalized spacial score (nSPS) is 20.6. The summed E-state index contributed by atoms with van der Waals surface area (Å²) in [6.07, 6.45) is 3.69. The molecular weight excluding hydrogens is 353 g/mol. The number of anilines is 1. The van der Waals surface area contributed by atoms with E-state index in [1.807, 2.05) is 29.6 Å². The molecule has 2 atom stereocenters. The summed E-state index contributed by atoms with van der Waals surface area (Å²) in [5, 5.41) is 6.08. The Bertz CT molecular complexity index is 677. The van der Waals surface area contributed by atoms with Crippen molar-refractivity contribution in [3.05, 3.63) is 34.7 Å². The molecule has 0 aliphatic heterocycles. The SMILES string of the molecule is Cl.NC1CCCC(C(=O)Nc2nc(-c3ccccc3Cl)cs2)C1. The second-order valence-corrected chi connectivity index (χ2v) is 6.90. The zero-order valence-corrected chi connectivity index (χ0v) is 14.9. The van der Waals surface area contributed by atoms with Gasteiger partial charge in [-0.2, -0.15) is 0 Å². The molecule has 23 heavy (non-hydrogen) atoms.